The van der Waals surface area contributed by atoms with Gasteiger partial charge in [-0.2, -0.15) is 0 Å². The van der Waals surface area contributed by atoms with Gasteiger partial charge in [-0.25, -0.2) is 0 Å². The summed E-state index contributed by atoms with van der Waals surface area (Å²) in [7, 11) is 5.15. The van der Waals surface area contributed by atoms with Crippen molar-refractivity contribution in [3.05, 3.63) is 89.5 Å². The van der Waals surface area contributed by atoms with Crippen LogP contribution < -0.4 is 21.9 Å². The van der Waals surface area contributed by atoms with Crippen LogP contribution in [0.15, 0.2) is 72.8 Å². The maximum atomic E-state index is 14.5. The highest BCUT2D eigenvalue weighted by molar-refractivity contribution is 5.91. The van der Waals surface area contributed by atoms with Crippen molar-refractivity contribution in [2.45, 2.75) is 227 Å². The number of methoxy groups -OCH3 is 2. The van der Waals surface area contributed by atoms with Crippen molar-refractivity contribution in [2.24, 2.45) is 47.2 Å². The van der Waals surface area contributed by atoms with Crippen LogP contribution in [0.5, 0.6) is 11.8 Å². The molecular formula is C71H113N7O10. The molecule has 7 N–H and O–H groups in total. The Morgan fingerprint density at radius 1 is 0.784 bits per heavy atom. The molecule has 1 aromatic heterocycles. The molecule has 17 nitrogen and oxygen atoms in total. The Bertz CT molecular complexity index is 2620. The van der Waals surface area contributed by atoms with Crippen LogP contribution in [0.1, 0.15) is 195 Å². The molecule has 10 atom stereocenters. The molecule has 88 heavy (non-hydrogen) atoms. The second-order valence-corrected chi connectivity index (χ2v) is 26.1. The minimum Gasteiger partial charge on any atom is -0.494 e. The van der Waals surface area contributed by atoms with E-state index in [2.05, 4.69) is 85.5 Å². The van der Waals surface area contributed by atoms with Gasteiger partial charge < -0.3 is 35.6 Å². The Morgan fingerprint density at radius 3 is 2.01 bits per heavy atom. The summed E-state index contributed by atoms with van der Waals surface area (Å²) in [5, 5.41) is 24.4. The van der Waals surface area contributed by atoms with E-state index < -0.39 is 35.7 Å². The van der Waals surface area contributed by atoms with Crippen molar-refractivity contribution in [3.8, 4) is 11.8 Å². The largest absolute Gasteiger partial charge is 0.494 e. The van der Waals surface area contributed by atoms with Gasteiger partial charge in [-0.05, 0) is 131 Å². The molecule has 2 heterocycles. The number of hydrogen-bond acceptors (Lipinski definition) is 12. The molecule has 0 aliphatic carbocycles. The summed E-state index contributed by atoms with van der Waals surface area (Å²) in [6.45, 7) is 21.3. The van der Waals surface area contributed by atoms with Crippen molar-refractivity contribution < 1.29 is 48.5 Å². The van der Waals surface area contributed by atoms with Gasteiger partial charge >= 0.3 is 0 Å². The number of allylic oxidation sites excluding steroid dienone is 1. The number of carbonyl (C=O) groups is 6. The highest BCUT2D eigenvalue weighted by Crippen LogP contribution is 2.39. The van der Waals surface area contributed by atoms with Gasteiger partial charge in [0.1, 0.15) is 5.78 Å². The molecule has 10 unspecified atom stereocenters. The lowest BCUT2D eigenvalue weighted by Gasteiger charge is -2.37. The number of hydrogen-bond donors (Lipinski definition) is 6. The smallest absolute Gasteiger partial charge is 0.238 e. The third kappa shape index (κ3) is 22.9. The molecule has 1 saturated heterocycles. The standard InChI is InChI=1S/C71H113N7O10/c1-14-51(9)56(61(87-12)47-65(84)77-42-27-34-58(77)68(88-13)52(10)59(79)35-26-33-55(45-54-31-22-18-23-32-54)39-38-53-29-20-17-21-30-53)43-50(8)44-60(80)66(48(4)5)73-69(85)67(49(6)7)76(11)40-28-37-63(82)75-74-62(81)36-24-19-25-41-78-64(83)46-57(70(78)86)71(72,15-2)16-3/h17-18,20-23,29-32,38-39,46,48-52,55-56,58,61,66-68,83,86H,14-16,19,24-28,33-37,40-45,47,72H2,1-13H3,(H,73,85)(H,74,81)(H,75,82). The first-order chi connectivity index (χ1) is 41.9. The van der Waals surface area contributed by atoms with Crippen LogP contribution in [0.4, 0.5) is 0 Å². The number of nitrogens with zero attached hydrogens (tertiary/aromatic N) is 3. The zero-order valence-electron chi connectivity index (χ0n) is 55.9. The Balaban J connectivity index is 1.25. The van der Waals surface area contributed by atoms with Crippen molar-refractivity contribution >= 4 is 41.3 Å². The third-order valence-electron chi connectivity index (χ3n) is 18.8. The van der Waals surface area contributed by atoms with Gasteiger partial charge in [0.2, 0.25) is 23.6 Å². The average molecular weight is 1220 g/mol. The van der Waals surface area contributed by atoms with E-state index in [1.165, 1.54) is 16.2 Å². The molecule has 1 aliphatic rings. The molecular weight excluding hydrogens is 1110 g/mol. The fourth-order valence-corrected chi connectivity index (χ4v) is 13.1. The quantitative estimate of drug-likeness (QED) is 0.0230. The maximum absolute atomic E-state index is 14.5. The number of benzene rings is 2. The normalized spacial score (nSPS) is 16.9. The van der Waals surface area contributed by atoms with Crippen molar-refractivity contribution in [3.63, 3.8) is 0 Å². The molecule has 1 aliphatic heterocycles. The van der Waals surface area contributed by atoms with Crippen LogP contribution in [0.25, 0.3) is 6.08 Å². The summed E-state index contributed by atoms with van der Waals surface area (Å²) in [4.78, 5) is 86.1. The number of likely N-dealkylation sites (N-methyl/N-ethyl adjacent to an activating group) is 1. The number of hydrazine groups is 1. The summed E-state index contributed by atoms with van der Waals surface area (Å²) in [6, 6.07) is 20.8. The van der Waals surface area contributed by atoms with Gasteiger partial charge in [0.05, 0.1) is 36.8 Å². The number of nitrogens with two attached hydrogens (primary N) is 1. The number of likely N-dealkylation sites (tertiary alicyclic amines) is 1. The zero-order chi connectivity index (χ0) is 65.1. The highest BCUT2D eigenvalue weighted by Gasteiger charge is 2.42. The molecule has 4 amide bonds. The van der Waals surface area contributed by atoms with Gasteiger partial charge in [-0.1, -0.05) is 155 Å². The first kappa shape index (κ1) is 74.6. The van der Waals surface area contributed by atoms with Crippen LogP contribution in [-0.2, 0) is 56.7 Å². The average Bonchev–Trinajstić information content (AvgIpc) is 1.88. The molecule has 2 aromatic carbocycles. The van der Waals surface area contributed by atoms with Crippen LogP contribution in [0, 0.1) is 41.4 Å². The maximum Gasteiger partial charge on any atom is 0.238 e. The lowest BCUT2D eigenvalue weighted by atomic mass is 9.77. The van der Waals surface area contributed by atoms with E-state index in [0.717, 1.165) is 44.1 Å². The van der Waals surface area contributed by atoms with E-state index in [1.807, 2.05) is 89.6 Å². The fourth-order valence-electron chi connectivity index (χ4n) is 13.1. The number of aromatic nitrogens is 1. The predicted molar refractivity (Wildman–Crippen MR) is 351 cm³/mol. The van der Waals surface area contributed by atoms with Crippen molar-refractivity contribution in [2.75, 3.05) is 34.4 Å². The second kappa shape index (κ2) is 38.0. The number of rotatable bonds is 41. The van der Waals surface area contributed by atoms with E-state index in [9.17, 15) is 39.0 Å². The molecule has 4 rings (SSSR count). The molecule has 1 fully saturated rings. The van der Waals surface area contributed by atoms with Gasteiger partial charge in [-0.3, -0.25) is 49.1 Å². The van der Waals surface area contributed by atoms with Crippen LogP contribution >= 0.6 is 0 Å². The van der Waals surface area contributed by atoms with Crippen molar-refractivity contribution in [1.29, 1.82) is 0 Å². The molecule has 17 heteroatoms. The summed E-state index contributed by atoms with van der Waals surface area (Å²) >= 11 is 0. The summed E-state index contributed by atoms with van der Waals surface area (Å²) in [6.07, 6.45) is 13.8. The minimum absolute atomic E-state index is 0.0189. The predicted octanol–water partition coefficient (Wildman–Crippen LogP) is 11.5. The number of aromatic hydroxyl groups is 2. The topological polar surface area (TPSA) is 235 Å². The van der Waals surface area contributed by atoms with E-state index in [4.69, 9.17) is 15.2 Å². The SMILES string of the molecule is CCC(C)C(CC(C)CC(=O)C(NC(=O)C(C(C)C)N(C)CCCC(=O)NNC(=O)CCCCCn1c(O)cc(C(N)(CC)CC)c1O)C(C)C)C(CC(=O)N1CCCC1C(OC)C(C)C(=O)CCCC(C=Cc1ccccc1)Cc1ccccc1)OC. The third-order valence-corrected chi connectivity index (χ3v) is 18.8. The minimum atomic E-state index is -0.733. The van der Waals surface area contributed by atoms with E-state index >= 15 is 0 Å². The number of ketones is 2. The molecule has 0 spiro atoms. The molecule has 492 valence electrons. The van der Waals surface area contributed by atoms with E-state index in [0.29, 0.717) is 76.6 Å². The van der Waals surface area contributed by atoms with E-state index in [-0.39, 0.29) is 114 Å². The highest BCUT2D eigenvalue weighted by atomic mass is 16.5. The van der Waals surface area contributed by atoms with Crippen LogP contribution in [0.2, 0.25) is 0 Å². The Labute approximate surface area is 528 Å². The molecule has 0 bridgehead atoms. The number of carbonyl (C=O) groups excluding carboxylic acids is 6. The zero-order valence-corrected chi connectivity index (χ0v) is 55.9. The Kier molecular flexibility index (Phi) is 32.2. The fraction of sp³-hybridized carbons (Fsp3) is 0.662. The number of Topliss-reactive ketones (excluding diaryl/α,β-unsaturated/α-hetero) is 2. The van der Waals surface area contributed by atoms with E-state index in [1.54, 1.807) is 14.2 Å². The molecule has 3 aromatic rings. The van der Waals surface area contributed by atoms with Crippen molar-refractivity contribution in [1.82, 2.24) is 30.5 Å². The molecule has 0 saturated carbocycles. The second-order valence-electron chi connectivity index (χ2n) is 26.1. The number of ether oxygens (including phenoxy) is 2. The summed E-state index contributed by atoms with van der Waals surface area (Å²) < 4.78 is 13.8. The summed E-state index contributed by atoms with van der Waals surface area (Å²) in [5.41, 5.74) is 13.6. The molecule has 0 radical (unpaired) electrons. The Hall–Kier alpha value is -5.88. The Morgan fingerprint density at radius 2 is 1.42 bits per heavy atom. The first-order valence-electron chi connectivity index (χ1n) is 33.1. The van der Waals surface area contributed by atoms with Gasteiger partial charge in [0.25, 0.3) is 0 Å². The lowest BCUT2D eigenvalue weighted by molar-refractivity contribution is -0.142. The van der Waals surface area contributed by atoms with Crippen LogP contribution in [0.3, 0.4) is 0 Å². The van der Waals surface area contributed by atoms with Gasteiger partial charge in [-0.15, -0.1) is 0 Å². The first-order valence-corrected chi connectivity index (χ1v) is 33.1. The van der Waals surface area contributed by atoms with Gasteiger partial charge in [0, 0.05) is 76.1 Å². The number of nitrogens with one attached hydrogen (secondary N) is 3. The number of unbranched alkanes of at least 4 members (excludes halogenated alkanes) is 2. The van der Waals surface area contributed by atoms with Gasteiger partial charge in [0.15, 0.2) is 17.5 Å². The monoisotopic (exact) mass is 1220 g/mol. The number of amides is 4. The van der Waals surface area contributed by atoms with Crippen LogP contribution in [-0.4, -0.2) is 124 Å². The lowest BCUT2D eigenvalue weighted by Crippen LogP contribution is -2.54. The summed E-state index contributed by atoms with van der Waals surface area (Å²) in [5.74, 6) is -1.28.